The van der Waals surface area contributed by atoms with E-state index in [1.807, 2.05) is 18.4 Å². The van der Waals surface area contributed by atoms with Gasteiger partial charge in [-0.25, -0.2) is 0 Å². The molecule has 0 bridgehead atoms. The van der Waals surface area contributed by atoms with Crippen LogP contribution in [0.4, 0.5) is 5.00 Å². The minimum absolute atomic E-state index is 0.521. The summed E-state index contributed by atoms with van der Waals surface area (Å²) in [5.74, 6) is 2.60. The number of rotatable bonds is 5. The Morgan fingerprint density at radius 2 is 1.96 bits per heavy atom. The van der Waals surface area contributed by atoms with E-state index in [1.54, 1.807) is 0 Å². The van der Waals surface area contributed by atoms with Crippen molar-refractivity contribution in [2.75, 3.05) is 51.2 Å². The second-order valence-corrected chi connectivity index (χ2v) is 8.99. The molecule has 0 radical (unpaired) electrons. The summed E-state index contributed by atoms with van der Waals surface area (Å²) in [6.45, 7) is 11.5. The molecular formula is C20H35N5S. The number of thiophene rings is 1. The third-order valence-electron chi connectivity index (χ3n) is 5.54. The van der Waals surface area contributed by atoms with Crippen molar-refractivity contribution in [2.24, 2.45) is 16.8 Å². The lowest BCUT2D eigenvalue weighted by Crippen LogP contribution is -2.50. The summed E-state index contributed by atoms with van der Waals surface area (Å²) < 4.78 is 0. The van der Waals surface area contributed by atoms with Gasteiger partial charge < -0.3 is 20.4 Å². The van der Waals surface area contributed by atoms with Crippen LogP contribution in [0.5, 0.6) is 0 Å². The number of aliphatic imine (C=N–C) groups is 1. The maximum absolute atomic E-state index is 4.43. The molecule has 146 valence electrons. The van der Waals surface area contributed by atoms with Crippen molar-refractivity contribution >= 4 is 22.3 Å². The van der Waals surface area contributed by atoms with Gasteiger partial charge in [-0.05, 0) is 48.6 Å². The second kappa shape index (κ2) is 9.60. The number of piperidine rings is 2. The molecule has 2 saturated heterocycles. The highest BCUT2D eigenvalue weighted by molar-refractivity contribution is 7.14. The zero-order valence-electron chi connectivity index (χ0n) is 16.6. The number of nitrogens with one attached hydrogen (secondary N) is 2. The summed E-state index contributed by atoms with van der Waals surface area (Å²) in [5, 5.41) is 10.7. The molecule has 5 nitrogen and oxygen atoms in total. The fraction of sp³-hybridized carbons (Fsp3) is 0.750. The lowest BCUT2D eigenvalue weighted by atomic mass is 9.92. The molecule has 0 amide bonds. The number of hydrogen-bond acceptors (Lipinski definition) is 4. The van der Waals surface area contributed by atoms with Gasteiger partial charge in [0, 0.05) is 52.4 Å². The van der Waals surface area contributed by atoms with Crippen LogP contribution < -0.4 is 15.5 Å². The summed E-state index contributed by atoms with van der Waals surface area (Å²) in [7, 11) is 1.88. The van der Waals surface area contributed by atoms with Gasteiger partial charge >= 0.3 is 0 Å². The van der Waals surface area contributed by atoms with Gasteiger partial charge in [-0.15, -0.1) is 11.3 Å². The van der Waals surface area contributed by atoms with Gasteiger partial charge in [0.1, 0.15) is 0 Å². The van der Waals surface area contributed by atoms with E-state index in [-0.39, 0.29) is 0 Å². The van der Waals surface area contributed by atoms with Crippen LogP contribution in [0.3, 0.4) is 0 Å². The average Bonchev–Trinajstić information content (AvgIpc) is 3.15. The van der Waals surface area contributed by atoms with E-state index in [1.165, 1.54) is 37.4 Å². The van der Waals surface area contributed by atoms with E-state index < -0.39 is 0 Å². The molecule has 1 aromatic heterocycles. The van der Waals surface area contributed by atoms with Gasteiger partial charge in [-0.1, -0.05) is 13.8 Å². The van der Waals surface area contributed by atoms with Crippen LogP contribution in [0.15, 0.2) is 22.5 Å². The Labute approximate surface area is 162 Å². The van der Waals surface area contributed by atoms with Crippen molar-refractivity contribution in [3.63, 3.8) is 0 Å². The smallest absolute Gasteiger partial charge is 0.191 e. The van der Waals surface area contributed by atoms with E-state index in [0.29, 0.717) is 6.04 Å². The number of hydrogen-bond donors (Lipinski definition) is 2. The largest absolute Gasteiger partial charge is 0.363 e. The van der Waals surface area contributed by atoms with Crippen molar-refractivity contribution < 1.29 is 0 Å². The van der Waals surface area contributed by atoms with Crippen molar-refractivity contribution in [2.45, 2.75) is 39.2 Å². The SMILES string of the molecule is CN=C(NCCN1CC(C)CC(C)C1)NC1CCN(c2cccs2)CC1. The molecule has 2 fully saturated rings. The van der Waals surface area contributed by atoms with Crippen LogP contribution in [0, 0.1) is 11.8 Å². The van der Waals surface area contributed by atoms with E-state index in [9.17, 15) is 0 Å². The number of guanidine groups is 1. The molecule has 2 aliphatic heterocycles. The number of anilines is 1. The summed E-state index contributed by atoms with van der Waals surface area (Å²) in [5.41, 5.74) is 0. The highest BCUT2D eigenvalue weighted by atomic mass is 32.1. The lowest BCUT2D eigenvalue weighted by Gasteiger charge is -2.35. The van der Waals surface area contributed by atoms with Crippen LogP contribution in [-0.4, -0.2) is 63.2 Å². The predicted molar refractivity (Wildman–Crippen MR) is 113 cm³/mol. The zero-order chi connectivity index (χ0) is 18.4. The quantitative estimate of drug-likeness (QED) is 0.612. The third-order valence-corrected chi connectivity index (χ3v) is 6.47. The Bertz CT molecular complexity index is 541. The first-order valence-corrected chi connectivity index (χ1v) is 11.0. The fourth-order valence-corrected chi connectivity index (χ4v) is 5.17. The average molecular weight is 378 g/mol. The van der Waals surface area contributed by atoms with Gasteiger partial charge in [0.15, 0.2) is 5.96 Å². The van der Waals surface area contributed by atoms with Gasteiger partial charge in [0.05, 0.1) is 5.00 Å². The topological polar surface area (TPSA) is 42.9 Å². The summed E-state index contributed by atoms with van der Waals surface area (Å²) in [6.07, 6.45) is 3.71. The maximum Gasteiger partial charge on any atom is 0.191 e. The molecule has 2 atom stereocenters. The molecule has 26 heavy (non-hydrogen) atoms. The van der Waals surface area contributed by atoms with E-state index >= 15 is 0 Å². The molecule has 0 saturated carbocycles. The van der Waals surface area contributed by atoms with Crippen LogP contribution in [0.25, 0.3) is 0 Å². The molecule has 3 heterocycles. The number of nitrogens with zero attached hydrogens (tertiary/aromatic N) is 3. The highest BCUT2D eigenvalue weighted by Crippen LogP contribution is 2.24. The summed E-state index contributed by atoms with van der Waals surface area (Å²) >= 11 is 1.84. The Hall–Kier alpha value is -1.27. The molecular weight excluding hydrogens is 342 g/mol. The van der Waals surface area contributed by atoms with Crippen LogP contribution in [0.2, 0.25) is 0 Å². The van der Waals surface area contributed by atoms with Crippen LogP contribution >= 0.6 is 11.3 Å². The molecule has 6 heteroatoms. The summed E-state index contributed by atoms with van der Waals surface area (Å²) in [6, 6.07) is 4.88. The lowest BCUT2D eigenvalue weighted by molar-refractivity contribution is 0.143. The van der Waals surface area contributed by atoms with Crippen molar-refractivity contribution in [1.29, 1.82) is 0 Å². The van der Waals surface area contributed by atoms with E-state index in [4.69, 9.17) is 0 Å². The van der Waals surface area contributed by atoms with E-state index in [2.05, 4.69) is 56.8 Å². The van der Waals surface area contributed by atoms with Gasteiger partial charge in [0.2, 0.25) is 0 Å². The van der Waals surface area contributed by atoms with Crippen molar-refractivity contribution in [1.82, 2.24) is 15.5 Å². The summed E-state index contributed by atoms with van der Waals surface area (Å²) in [4.78, 5) is 9.52. The molecule has 2 aliphatic rings. The molecule has 3 rings (SSSR count). The van der Waals surface area contributed by atoms with Crippen molar-refractivity contribution in [3.05, 3.63) is 17.5 Å². The van der Waals surface area contributed by atoms with E-state index in [0.717, 1.165) is 44.0 Å². The highest BCUT2D eigenvalue weighted by Gasteiger charge is 2.22. The van der Waals surface area contributed by atoms with Gasteiger partial charge in [0.25, 0.3) is 0 Å². The molecule has 0 spiro atoms. The monoisotopic (exact) mass is 377 g/mol. The van der Waals surface area contributed by atoms with Crippen molar-refractivity contribution in [3.8, 4) is 0 Å². The Balaban J connectivity index is 1.36. The number of likely N-dealkylation sites (tertiary alicyclic amines) is 1. The van der Waals surface area contributed by atoms with Crippen LogP contribution in [-0.2, 0) is 0 Å². The standard InChI is InChI=1S/C20H35N5S/c1-16-13-17(2)15-24(14-16)11-8-22-20(21-3)23-18-6-9-25(10-7-18)19-5-4-12-26-19/h4-5,12,16-18H,6-11,13-15H2,1-3H3,(H2,21,22,23). The fourth-order valence-electron chi connectivity index (χ4n) is 4.39. The maximum atomic E-state index is 4.43. The Morgan fingerprint density at radius 1 is 1.23 bits per heavy atom. The minimum atomic E-state index is 0.521. The first kappa shape index (κ1) is 19.5. The first-order chi connectivity index (χ1) is 12.6. The van der Waals surface area contributed by atoms with Gasteiger partial charge in [-0.3, -0.25) is 4.99 Å². The zero-order valence-corrected chi connectivity index (χ0v) is 17.4. The second-order valence-electron chi connectivity index (χ2n) is 8.06. The normalized spacial score (nSPS) is 26.1. The predicted octanol–water partition coefficient (Wildman–Crippen LogP) is 2.86. The van der Waals surface area contributed by atoms with Gasteiger partial charge in [-0.2, -0.15) is 0 Å². The molecule has 0 aliphatic carbocycles. The Morgan fingerprint density at radius 3 is 2.58 bits per heavy atom. The first-order valence-electron chi connectivity index (χ1n) is 10.1. The van der Waals surface area contributed by atoms with Crippen LogP contribution in [0.1, 0.15) is 33.1 Å². The molecule has 2 unspecified atom stereocenters. The molecule has 0 aromatic carbocycles. The Kier molecular flexibility index (Phi) is 7.20. The third kappa shape index (κ3) is 5.61. The molecule has 1 aromatic rings. The minimum Gasteiger partial charge on any atom is -0.363 e. The molecule has 2 N–H and O–H groups in total.